The van der Waals surface area contributed by atoms with Crippen LogP contribution in [0.25, 0.3) is 0 Å². The van der Waals surface area contributed by atoms with Gasteiger partial charge in [-0.2, -0.15) is 13.2 Å². The van der Waals surface area contributed by atoms with Gasteiger partial charge >= 0.3 is 18.2 Å². The first-order valence-electron chi connectivity index (χ1n) is 11.0. The van der Waals surface area contributed by atoms with Gasteiger partial charge in [-0.25, -0.2) is 14.0 Å². The van der Waals surface area contributed by atoms with Gasteiger partial charge in [-0.15, -0.1) is 0 Å². The number of piperidine rings is 1. The summed E-state index contributed by atoms with van der Waals surface area (Å²) in [5.41, 5.74) is 1.08. The number of benzene rings is 1. The largest absolute Gasteiger partial charge is 0.490 e. The molecule has 4 rings (SSSR count). The number of carboxylic acids is 1. The molecule has 0 aliphatic carbocycles. The molecule has 1 unspecified atom stereocenters. The van der Waals surface area contributed by atoms with E-state index in [1.807, 2.05) is 12.1 Å². The predicted molar refractivity (Wildman–Crippen MR) is 122 cm³/mol. The molecule has 37 heavy (non-hydrogen) atoms. The molecule has 2 aliphatic rings. The number of anilines is 1. The summed E-state index contributed by atoms with van der Waals surface area (Å²) >= 11 is 0. The van der Waals surface area contributed by atoms with Crippen LogP contribution in [0.2, 0.25) is 0 Å². The molecular formula is C23H23F4N5O5. The molecule has 0 radical (unpaired) electrons. The monoisotopic (exact) mass is 525 g/mol. The van der Waals surface area contributed by atoms with Crippen molar-refractivity contribution in [1.82, 2.24) is 15.2 Å². The number of amides is 3. The molecule has 1 atom stereocenters. The van der Waals surface area contributed by atoms with E-state index >= 15 is 0 Å². The molecule has 1 saturated heterocycles. The van der Waals surface area contributed by atoms with Gasteiger partial charge in [0.05, 0.1) is 6.54 Å². The summed E-state index contributed by atoms with van der Waals surface area (Å²) in [6, 6.07) is 8.96. The Morgan fingerprint density at radius 2 is 1.76 bits per heavy atom. The third-order valence-electron chi connectivity index (χ3n) is 5.47. The van der Waals surface area contributed by atoms with Crippen LogP contribution in [0.4, 0.5) is 28.0 Å². The Balaban J connectivity index is 0.000000479. The van der Waals surface area contributed by atoms with Crippen molar-refractivity contribution in [3.63, 3.8) is 0 Å². The van der Waals surface area contributed by atoms with Crippen molar-refractivity contribution in [2.75, 3.05) is 18.4 Å². The number of likely N-dealkylation sites (tertiary alicyclic amines) is 1. The highest BCUT2D eigenvalue weighted by atomic mass is 19.4. The average Bonchev–Trinajstić information content (AvgIpc) is 3.27. The van der Waals surface area contributed by atoms with Gasteiger partial charge in [-0.1, -0.05) is 5.16 Å². The van der Waals surface area contributed by atoms with Crippen molar-refractivity contribution in [2.24, 2.45) is 5.16 Å². The van der Waals surface area contributed by atoms with Gasteiger partial charge in [0.15, 0.2) is 5.60 Å². The molecule has 3 heterocycles. The molecule has 3 amide bonds. The SMILES string of the molecule is O=C(NCc1ccncc1)C1=NOC2(CCCN(C(=O)Nc3ccc(F)cc3)C2)C1.O=C(O)C(F)(F)F. The molecule has 2 aliphatic heterocycles. The first-order chi connectivity index (χ1) is 17.5. The first kappa shape index (κ1) is 27.4. The summed E-state index contributed by atoms with van der Waals surface area (Å²) in [4.78, 5) is 45.2. The van der Waals surface area contributed by atoms with Gasteiger partial charge in [0.2, 0.25) is 0 Å². The Hall–Kier alpha value is -4.23. The summed E-state index contributed by atoms with van der Waals surface area (Å²) in [5, 5.41) is 16.7. The maximum Gasteiger partial charge on any atom is 0.490 e. The van der Waals surface area contributed by atoms with Gasteiger partial charge in [-0.3, -0.25) is 9.78 Å². The van der Waals surface area contributed by atoms with Crippen LogP contribution >= 0.6 is 0 Å². The van der Waals surface area contributed by atoms with Crippen LogP contribution in [0.3, 0.4) is 0 Å². The minimum absolute atomic E-state index is 0.281. The fraction of sp³-hybridized carbons (Fsp3) is 0.348. The molecular weight excluding hydrogens is 502 g/mol. The molecule has 2 aromatic rings. The number of nitrogens with zero attached hydrogens (tertiary/aromatic N) is 3. The number of carboxylic acid groups (broad SMARTS) is 1. The smallest absolute Gasteiger partial charge is 0.475 e. The highest BCUT2D eigenvalue weighted by molar-refractivity contribution is 6.39. The number of nitrogens with one attached hydrogen (secondary N) is 2. The van der Waals surface area contributed by atoms with Crippen molar-refractivity contribution in [3.05, 3.63) is 60.2 Å². The highest BCUT2D eigenvalue weighted by Crippen LogP contribution is 2.33. The van der Waals surface area contributed by atoms with Crippen LogP contribution in [0.15, 0.2) is 53.9 Å². The van der Waals surface area contributed by atoms with Crippen LogP contribution in [0.1, 0.15) is 24.8 Å². The Morgan fingerprint density at radius 1 is 1.11 bits per heavy atom. The van der Waals surface area contributed by atoms with Gasteiger partial charge in [-0.05, 0) is 54.8 Å². The number of aromatic nitrogens is 1. The number of hydrogen-bond acceptors (Lipinski definition) is 6. The van der Waals surface area contributed by atoms with E-state index in [2.05, 4.69) is 20.8 Å². The maximum absolute atomic E-state index is 13.0. The van der Waals surface area contributed by atoms with Crippen molar-refractivity contribution >= 4 is 29.3 Å². The van der Waals surface area contributed by atoms with E-state index < -0.39 is 17.7 Å². The zero-order valence-corrected chi connectivity index (χ0v) is 19.3. The van der Waals surface area contributed by atoms with Crippen LogP contribution in [0.5, 0.6) is 0 Å². The summed E-state index contributed by atoms with van der Waals surface area (Å²) < 4.78 is 44.8. The van der Waals surface area contributed by atoms with E-state index in [0.29, 0.717) is 43.9 Å². The molecule has 3 N–H and O–H groups in total. The number of halogens is 4. The summed E-state index contributed by atoms with van der Waals surface area (Å²) in [6.45, 7) is 1.27. The maximum atomic E-state index is 13.0. The zero-order valence-electron chi connectivity index (χ0n) is 19.3. The van der Waals surface area contributed by atoms with Gasteiger partial charge in [0.25, 0.3) is 5.91 Å². The summed E-state index contributed by atoms with van der Waals surface area (Å²) in [7, 11) is 0. The number of carbonyl (C=O) groups is 3. The third-order valence-corrected chi connectivity index (χ3v) is 5.47. The number of pyridine rings is 1. The number of oxime groups is 1. The van der Waals surface area contributed by atoms with Crippen molar-refractivity contribution < 1.29 is 41.9 Å². The van der Waals surface area contributed by atoms with Gasteiger partial charge in [0, 0.05) is 37.6 Å². The normalized spacial score (nSPS) is 18.7. The molecule has 0 bridgehead atoms. The Bertz CT molecular complexity index is 1140. The van der Waals surface area contributed by atoms with Crippen LogP contribution < -0.4 is 10.6 Å². The number of carbonyl (C=O) groups excluding carboxylic acids is 2. The zero-order chi connectivity index (χ0) is 27.1. The lowest BCUT2D eigenvalue weighted by molar-refractivity contribution is -0.192. The van der Waals surface area contributed by atoms with E-state index in [1.54, 1.807) is 17.3 Å². The summed E-state index contributed by atoms with van der Waals surface area (Å²) in [6.07, 6.45) is 0.0340. The molecule has 198 valence electrons. The average molecular weight is 525 g/mol. The number of urea groups is 1. The lowest BCUT2D eigenvalue weighted by atomic mass is 9.88. The third kappa shape index (κ3) is 7.88. The molecule has 1 spiro atoms. The fourth-order valence-electron chi connectivity index (χ4n) is 3.65. The second-order valence-electron chi connectivity index (χ2n) is 8.29. The minimum Gasteiger partial charge on any atom is -0.475 e. The van der Waals surface area contributed by atoms with E-state index in [9.17, 15) is 27.2 Å². The van der Waals surface area contributed by atoms with E-state index in [1.165, 1.54) is 24.3 Å². The van der Waals surface area contributed by atoms with Gasteiger partial charge < -0.3 is 25.5 Å². The Kier molecular flexibility index (Phi) is 8.63. The van der Waals surface area contributed by atoms with E-state index in [4.69, 9.17) is 14.7 Å². The summed E-state index contributed by atoms with van der Waals surface area (Å²) in [5.74, 6) is -3.40. The topological polar surface area (TPSA) is 133 Å². The quantitative estimate of drug-likeness (QED) is 0.525. The molecule has 1 aromatic carbocycles. The van der Waals surface area contributed by atoms with Crippen LogP contribution in [0, 0.1) is 5.82 Å². The number of alkyl halides is 3. The predicted octanol–water partition coefficient (Wildman–Crippen LogP) is 3.31. The number of rotatable bonds is 4. The second kappa shape index (κ2) is 11.7. The Labute approximate surface area is 208 Å². The minimum atomic E-state index is -5.08. The Morgan fingerprint density at radius 3 is 2.38 bits per heavy atom. The number of aliphatic carboxylic acids is 1. The highest BCUT2D eigenvalue weighted by Gasteiger charge is 2.45. The van der Waals surface area contributed by atoms with Crippen molar-refractivity contribution in [2.45, 2.75) is 37.6 Å². The van der Waals surface area contributed by atoms with Crippen LogP contribution in [-0.2, 0) is 21.0 Å². The molecule has 0 saturated carbocycles. The molecule has 1 aromatic heterocycles. The second-order valence-corrected chi connectivity index (χ2v) is 8.29. The van der Waals surface area contributed by atoms with Crippen molar-refractivity contribution in [3.8, 4) is 0 Å². The van der Waals surface area contributed by atoms with E-state index in [0.717, 1.165) is 12.0 Å². The van der Waals surface area contributed by atoms with Crippen LogP contribution in [-0.4, -0.2) is 63.5 Å². The molecule has 14 heteroatoms. The number of hydrogen-bond donors (Lipinski definition) is 3. The van der Waals surface area contributed by atoms with Crippen molar-refractivity contribution in [1.29, 1.82) is 0 Å². The molecule has 1 fully saturated rings. The van der Waals surface area contributed by atoms with Gasteiger partial charge in [0.1, 0.15) is 11.5 Å². The lowest BCUT2D eigenvalue weighted by Gasteiger charge is -2.38. The molecule has 10 nitrogen and oxygen atoms in total. The van der Waals surface area contributed by atoms with E-state index in [-0.39, 0.29) is 17.8 Å². The first-order valence-corrected chi connectivity index (χ1v) is 11.0. The lowest BCUT2D eigenvalue weighted by Crippen LogP contribution is -2.52. The standard InChI is InChI=1S/C21H22FN5O3.C2HF3O2/c22-16-2-4-17(5-3-16)25-20(29)27-11-1-8-21(14-27)12-18(26-30-21)19(28)24-13-15-6-9-23-10-7-15;3-2(4,5)1(6)7/h2-7,9-10H,1,8,11-14H2,(H,24,28)(H,25,29);(H,6,7). The fourth-order valence-corrected chi connectivity index (χ4v) is 3.65.